The first kappa shape index (κ1) is 30.5. The number of nitrogens with one attached hydrogen (secondary N) is 1. The quantitative estimate of drug-likeness (QED) is 0.0983. The van der Waals surface area contributed by atoms with Crippen LogP contribution in [0.25, 0.3) is 0 Å². The van der Waals surface area contributed by atoms with Crippen molar-refractivity contribution in [3.63, 3.8) is 0 Å². The topological polar surface area (TPSA) is 137 Å². The molecule has 0 aliphatic carbocycles. The zero-order valence-corrected chi connectivity index (χ0v) is 22.8. The zero-order chi connectivity index (χ0) is 25.6. The van der Waals surface area contributed by atoms with Gasteiger partial charge < -0.3 is 19.5 Å². The molecule has 0 saturated heterocycles. The summed E-state index contributed by atoms with van der Waals surface area (Å²) < 4.78 is 44.3. The Morgan fingerprint density at radius 3 is 2.35 bits per heavy atom. The molecule has 194 valence electrons. The number of sulfonamides is 1. The summed E-state index contributed by atoms with van der Waals surface area (Å²) in [5.41, 5.74) is -1.02. The Morgan fingerprint density at radius 1 is 1.09 bits per heavy atom. The number of unbranched alkanes of at least 4 members (excludes halogenated alkanes) is 1. The second-order valence-electron chi connectivity index (χ2n) is 8.18. The number of benzene rings is 1. The van der Waals surface area contributed by atoms with E-state index in [2.05, 4.69) is 27.9 Å². The number of alkyl carbamates (subject to hydrolysis) is 1. The van der Waals surface area contributed by atoms with E-state index in [-0.39, 0.29) is 51.0 Å². The van der Waals surface area contributed by atoms with Crippen LogP contribution < -0.4 is 5.32 Å². The minimum absolute atomic E-state index is 0.0653. The summed E-state index contributed by atoms with van der Waals surface area (Å²) in [6.45, 7) is 6.81. The molecule has 0 aliphatic heterocycles. The summed E-state index contributed by atoms with van der Waals surface area (Å²) in [6.07, 6.45) is 0.946. The smallest absolute Gasteiger partial charge is 0.407 e. The fourth-order valence-corrected chi connectivity index (χ4v) is 4.89. The number of halogens is 1. The van der Waals surface area contributed by atoms with Crippen LogP contribution in [0.1, 0.15) is 33.6 Å². The van der Waals surface area contributed by atoms with Crippen molar-refractivity contribution in [2.24, 2.45) is 0 Å². The highest BCUT2D eigenvalue weighted by Crippen LogP contribution is 2.26. The van der Waals surface area contributed by atoms with Crippen molar-refractivity contribution < 1.29 is 32.3 Å². The third-order valence-electron chi connectivity index (χ3n) is 4.24. The standard InChI is InChI=1S/C21H34IN3O8S/c1-21(2,3)33-20(26)23-11-14-31-16-17-32-15-13-24(12-7-6-10-22)34(29,30)19-9-5-4-8-18(19)25(27)28/h4-5,8-9H,6-7,10-17H2,1-3H3,(H,23,26). The average Bonchev–Trinajstić information content (AvgIpc) is 2.75. The summed E-state index contributed by atoms with van der Waals surface area (Å²) in [7, 11) is -4.06. The van der Waals surface area contributed by atoms with E-state index >= 15 is 0 Å². The number of ether oxygens (including phenoxy) is 3. The molecule has 0 saturated carbocycles. The number of carbonyl (C=O) groups is 1. The summed E-state index contributed by atoms with van der Waals surface area (Å²) in [5.74, 6) is 0. The van der Waals surface area contributed by atoms with Crippen molar-refractivity contribution in [3.8, 4) is 0 Å². The van der Waals surface area contributed by atoms with E-state index in [1.54, 1.807) is 20.8 Å². The monoisotopic (exact) mass is 615 g/mol. The van der Waals surface area contributed by atoms with E-state index in [0.29, 0.717) is 6.42 Å². The molecule has 1 aromatic rings. The van der Waals surface area contributed by atoms with Crippen molar-refractivity contribution in [1.82, 2.24) is 9.62 Å². The van der Waals surface area contributed by atoms with E-state index in [1.165, 1.54) is 28.6 Å². The number of hydrogen-bond donors (Lipinski definition) is 1. The number of alkyl halides is 1. The van der Waals surface area contributed by atoms with Crippen LogP contribution >= 0.6 is 22.6 Å². The molecule has 0 aromatic heterocycles. The molecule has 0 bridgehead atoms. The highest BCUT2D eigenvalue weighted by Gasteiger charge is 2.30. The van der Waals surface area contributed by atoms with Crippen molar-refractivity contribution in [2.45, 2.75) is 44.1 Å². The Bertz CT molecular complexity index is 877. The molecular weight excluding hydrogens is 581 g/mol. The van der Waals surface area contributed by atoms with Crippen LogP contribution in [0.15, 0.2) is 29.2 Å². The number of amides is 1. The Balaban J connectivity index is 2.49. The number of hydrogen-bond acceptors (Lipinski definition) is 8. The predicted molar refractivity (Wildman–Crippen MR) is 136 cm³/mol. The molecule has 0 heterocycles. The summed E-state index contributed by atoms with van der Waals surface area (Å²) in [4.78, 5) is 21.8. The third kappa shape index (κ3) is 11.7. The van der Waals surface area contributed by atoms with Gasteiger partial charge >= 0.3 is 6.09 Å². The molecule has 0 radical (unpaired) electrons. The summed E-state index contributed by atoms with van der Waals surface area (Å²) in [5, 5.41) is 13.9. The molecule has 34 heavy (non-hydrogen) atoms. The Morgan fingerprint density at radius 2 is 1.74 bits per heavy atom. The van der Waals surface area contributed by atoms with Gasteiger partial charge in [0.05, 0.1) is 31.4 Å². The Kier molecular flexibility index (Phi) is 13.8. The van der Waals surface area contributed by atoms with E-state index in [4.69, 9.17) is 14.2 Å². The molecule has 1 rings (SSSR count). The molecule has 1 aromatic carbocycles. The number of nitro groups is 1. The summed E-state index contributed by atoms with van der Waals surface area (Å²) >= 11 is 2.22. The van der Waals surface area contributed by atoms with Gasteiger partial charge in [-0.2, -0.15) is 4.31 Å². The number of carbonyl (C=O) groups excluding carboxylic acids is 1. The van der Waals surface area contributed by atoms with E-state index < -0.39 is 32.3 Å². The molecule has 0 spiro atoms. The Labute approximate surface area is 214 Å². The highest BCUT2D eigenvalue weighted by atomic mass is 127. The van der Waals surface area contributed by atoms with Crippen molar-refractivity contribution in [1.29, 1.82) is 0 Å². The van der Waals surface area contributed by atoms with Crippen LogP contribution in [0.5, 0.6) is 0 Å². The fourth-order valence-electron chi connectivity index (χ4n) is 2.73. The van der Waals surface area contributed by atoms with Gasteiger partial charge in [-0.1, -0.05) is 34.7 Å². The first-order chi connectivity index (χ1) is 16.0. The fraction of sp³-hybridized carbons (Fsp3) is 0.667. The van der Waals surface area contributed by atoms with Gasteiger partial charge in [-0.25, -0.2) is 13.2 Å². The molecule has 0 fully saturated rings. The molecule has 1 amide bonds. The second-order valence-corrected chi connectivity index (χ2v) is 11.2. The van der Waals surface area contributed by atoms with Gasteiger partial charge in [-0.3, -0.25) is 10.1 Å². The van der Waals surface area contributed by atoms with Crippen LogP contribution in [-0.4, -0.2) is 79.8 Å². The molecule has 13 heteroatoms. The van der Waals surface area contributed by atoms with Gasteiger partial charge in [-0.05, 0) is 44.1 Å². The SMILES string of the molecule is CC(C)(C)OC(=O)NCCOCCOCCN(CCCCI)S(=O)(=O)c1ccccc1[N+](=O)[O-]. The maximum absolute atomic E-state index is 13.1. The van der Waals surface area contributed by atoms with Gasteiger partial charge in [0.1, 0.15) is 5.60 Å². The molecule has 11 nitrogen and oxygen atoms in total. The lowest BCUT2D eigenvalue weighted by Gasteiger charge is -2.22. The van der Waals surface area contributed by atoms with Crippen molar-refractivity contribution >= 4 is 44.4 Å². The van der Waals surface area contributed by atoms with Gasteiger partial charge in [-0.15, -0.1) is 0 Å². The lowest BCUT2D eigenvalue weighted by Crippen LogP contribution is -2.35. The van der Waals surface area contributed by atoms with Crippen LogP contribution in [0, 0.1) is 10.1 Å². The largest absolute Gasteiger partial charge is 0.444 e. The van der Waals surface area contributed by atoms with Crippen LogP contribution in [0.3, 0.4) is 0 Å². The highest BCUT2D eigenvalue weighted by molar-refractivity contribution is 14.1. The Hall–Kier alpha value is -1.55. The number of nitrogens with zero attached hydrogens (tertiary/aromatic N) is 2. The molecular formula is C21H34IN3O8S. The third-order valence-corrected chi connectivity index (χ3v) is 6.95. The molecule has 0 aliphatic rings. The van der Waals surface area contributed by atoms with Gasteiger partial charge in [0.2, 0.25) is 10.0 Å². The van der Waals surface area contributed by atoms with Crippen LogP contribution in [0.4, 0.5) is 10.5 Å². The first-order valence-corrected chi connectivity index (χ1v) is 13.9. The molecule has 1 N–H and O–H groups in total. The molecule has 0 unspecified atom stereocenters. The first-order valence-electron chi connectivity index (χ1n) is 10.9. The minimum atomic E-state index is -4.06. The van der Waals surface area contributed by atoms with Crippen LogP contribution in [-0.2, 0) is 24.2 Å². The van der Waals surface area contributed by atoms with E-state index in [1.807, 2.05) is 0 Å². The van der Waals surface area contributed by atoms with E-state index in [0.717, 1.165) is 10.8 Å². The maximum atomic E-state index is 13.1. The normalized spacial score (nSPS) is 12.0. The lowest BCUT2D eigenvalue weighted by molar-refractivity contribution is -0.387. The van der Waals surface area contributed by atoms with E-state index in [9.17, 15) is 23.3 Å². The minimum Gasteiger partial charge on any atom is -0.444 e. The second kappa shape index (κ2) is 15.4. The summed E-state index contributed by atoms with van der Waals surface area (Å²) in [6, 6.07) is 5.33. The van der Waals surface area contributed by atoms with Crippen LogP contribution in [0.2, 0.25) is 0 Å². The average molecular weight is 615 g/mol. The van der Waals surface area contributed by atoms with Crippen molar-refractivity contribution in [2.75, 3.05) is 50.5 Å². The molecule has 0 atom stereocenters. The number of nitro benzene ring substituents is 1. The zero-order valence-electron chi connectivity index (χ0n) is 19.8. The maximum Gasteiger partial charge on any atom is 0.407 e. The van der Waals surface area contributed by atoms with Crippen molar-refractivity contribution in [3.05, 3.63) is 34.4 Å². The lowest BCUT2D eigenvalue weighted by atomic mass is 10.2. The number of para-hydroxylation sites is 1. The van der Waals surface area contributed by atoms with Gasteiger partial charge in [0, 0.05) is 25.7 Å². The van der Waals surface area contributed by atoms with Gasteiger partial charge in [0.15, 0.2) is 4.90 Å². The number of rotatable bonds is 16. The van der Waals surface area contributed by atoms with Gasteiger partial charge in [0.25, 0.3) is 5.69 Å². The predicted octanol–water partition coefficient (Wildman–Crippen LogP) is 3.36.